The number of aromatic nitrogens is 12. The van der Waals surface area contributed by atoms with E-state index in [1.54, 1.807) is 32.8 Å². The molecule has 0 amide bonds. The maximum absolute atomic E-state index is 7.00. The Hall–Kier alpha value is -6.45. The Kier molecular flexibility index (Phi) is 26.4. The zero-order valence-corrected chi connectivity index (χ0v) is 53.0. The highest BCUT2D eigenvalue weighted by Gasteiger charge is 2.53. The molecule has 0 bridgehead atoms. The molecule has 6 aliphatic rings. The van der Waals surface area contributed by atoms with Gasteiger partial charge in [0.05, 0.1) is 83.6 Å². The van der Waals surface area contributed by atoms with Crippen molar-refractivity contribution < 1.29 is 64.4 Å². The molecule has 0 radical (unpaired) electrons. The molecule has 1 saturated heterocycles. The monoisotopic (exact) mass is 1320 g/mol. The van der Waals surface area contributed by atoms with E-state index < -0.39 is 0 Å². The second-order valence-electron chi connectivity index (χ2n) is 21.1. The predicted octanol–water partition coefficient (Wildman–Crippen LogP) is 9.96. The summed E-state index contributed by atoms with van der Waals surface area (Å²) >= 11 is 6.83. The van der Waals surface area contributed by atoms with Crippen molar-refractivity contribution in [2.45, 2.75) is 149 Å². The molecule has 4 aliphatic heterocycles. The minimum absolute atomic E-state index is 0.262. The van der Waals surface area contributed by atoms with Gasteiger partial charge in [0.25, 0.3) is 0 Å². The summed E-state index contributed by atoms with van der Waals surface area (Å²) in [6, 6.07) is 7.97. The van der Waals surface area contributed by atoms with Crippen LogP contribution in [0.3, 0.4) is 0 Å². The molecule has 7 aromatic rings. The number of rotatable bonds is 13. The van der Waals surface area contributed by atoms with E-state index in [0.717, 1.165) is 95.7 Å². The topological polar surface area (TPSA) is 329 Å². The van der Waals surface area contributed by atoms with Crippen molar-refractivity contribution >= 4 is 44.4 Å². The second-order valence-corrected chi connectivity index (χ2v) is 22.8. The maximum atomic E-state index is 7.00. The van der Waals surface area contributed by atoms with E-state index in [2.05, 4.69) is 134 Å². The van der Waals surface area contributed by atoms with Crippen LogP contribution in [0.5, 0.6) is 23.3 Å². The van der Waals surface area contributed by atoms with Crippen LogP contribution < -0.4 is 24.4 Å². The third-order valence-electron chi connectivity index (χ3n) is 15.2. The average Bonchev–Trinajstić information content (AvgIpc) is 1.82. The Labute approximate surface area is 515 Å². The van der Waals surface area contributed by atoms with E-state index in [4.69, 9.17) is 59.2 Å². The first kappa shape index (κ1) is 68.7. The van der Waals surface area contributed by atoms with Gasteiger partial charge >= 0.3 is 7.12 Å². The fraction of sp³-hybridized carbons (Fsp3) is 0.518. The van der Waals surface area contributed by atoms with E-state index in [9.17, 15) is 0 Å². The minimum Gasteiger partial charge on any atom is -0.495 e. The lowest BCUT2D eigenvalue weighted by atomic mass is 9.79. The van der Waals surface area contributed by atoms with Crippen molar-refractivity contribution in [2.24, 2.45) is 11.8 Å². The number of aryl methyl sites for hydroxylation is 5. The fourth-order valence-corrected chi connectivity index (χ4v) is 10.7. The zero-order chi connectivity index (χ0) is 62.6. The second kappa shape index (κ2) is 33.1. The summed E-state index contributed by atoms with van der Waals surface area (Å²) < 4.78 is 42.5. The largest absolute Gasteiger partial charge is 0.498 e. The SMILES string of the molecule is Brc1cnn2c1CCC2.CC.CC1(C)OB(c2cnn3c2CCC3)OC1(C)C.COc1ccc(C2C[C@@H]2COc2nc(C)ncc2-c2cnn3c2CCC3)nc1.COc1ccc(C2C[C@@H]2COc2nc(C)ncc2Br)nc1.O=O.OOO.OOOO. The van der Waals surface area contributed by atoms with Gasteiger partial charge in [-0.15, -0.1) is 0 Å². The number of fused-ring (bicyclic) bond motifs is 3. The van der Waals surface area contributed by atoms with Gasteiger partial charge in [0, 0.05) is 106 Å². The summed E-state index contributed by atoms with van der Waals surface area (Å²) in [4.78, 5) is 40.3. The standard InChI is InChI=1S/C21H23N5O2.C15H16BrN3O2.C12H19BN2O2.C6H7BrN2.C2H6.H2O4.H2O3.O2/c1-13-22-10-18(17-11-24-26-7-3-4-20(17)26)21(25-13)28-12-14-8-16(14)19-6-5-15(27-2)9-23-19;1-9-17-7-13(16)15(19-9)21-8-10-5-12(10)14-4-3-11(20-2)6-18-14;1-11(2)12(3,4)17-13(16-11)9-8-14-15-7-5-6-10(9)15;7-5-4-8-9-3-1-2-6(5)9;1-2;1-3-4-2;1-3-2;1-2/h5-6,9-11,14,16H,3-4,7-8,12H2,1-2H3;3-4,6-7,10,12H,5,8H2,1-2H3;8H,5-7H2,1-4H3;4H,1-3H2;1-2H3;1-2H;1-2H;/t14-,16?;10-,12?;;;;;;/m11....../s1. The highest BCUT2D eigenvalue weighted by molar-refractivity contribution is 9.10. The Balaban J connectivity index is 0.000000181. The van der Waals surface area contributed by atoms with Crippen molar-refractivity contribution in [3.8, 4) is 34.4 Å². The Morgan fingerprint density at radius 1 is 0.581 bits per heavy atom. The molecule has 86 heavy (non-hydrogen) atoms. The fourth-order valence-electron chi connectivity index (χ4n) is 9.87. The molecule has 2 saturated carbocycles. The third kappa shape index (κ3) is 18.1. The normalized spacial score (nSPS) is 18.8. The van der Waals surface area contributed by atoms with Crippen LogP contribution >= 0.6 is 31.9 Å². The van der Waals surface area contributed by atoms with Crippen LogP contribution in [0.1, 0.15) is 126 Å². The van der Waals surface area contributed by atoms with Gasteiger partial charge < -0.3 is 28.3 Å². The third-order valence-corrected chi connectivity index (χ3v) is 16.4. The van der Waals surface area contributed by atoms with Gasteiger partial charge in [-0.2, -0.15) is 25.3 Å². The molecule has 30 heteroatoms. The van der Waals surface area contributed by atoms with Crippen molar-refractivity contribution in [3.05, 3.63) is 127 Å². The summed E-state index contributed by atoms with van der Waals surface area (Å²) in [5.74, 6) is 6.12. The van der Waals surface area contributed by atoms with Crippen LogP contribution in [0, 0.1) is 35.6 Å². The molecule has 466 valence electrons. The van der Waals surface area contributed by atoms with Crippen LogP contribution in [-0.4, -0.2) is 126 Å². The van der Waals surface area contributed by atoms with Gasteiger partial charge in [-0.25, -0.2) is 31.0 Å². The molecule has 11 heterocycles. The molecule has 27 nitrogen and oxygen atoms in total. The lowest BCUT2D eigenvalue weighted by Gasteiger charge is -2.32. The molecule has 4 N–H and O–H groups in total. The Bertz CT molecular complexity index is 3180. The number of hydrogen-bond acceptors (Lipinski definition) is 24. The van der Waals surface area contributed by atoms with E-state index in [-0.39, 0.29) is 18.3 Å². The molecule has 2 aliphatic carbocycles. The van der Waals surface area contributed by atoms with Gasteiger partial charge in [0.15, 0.2) is 0 Å². The summed E-state index contributed by atoms with van der Waals surface area (Å²) in [6.07, 6.45) is 21.8. The number of methoxy groups -OCH3 is 2. The first-order valence-electron chi connectivity index (χ1n) is 28.0. The lowest BCUT2D eigenvalue weighted by Crippen LogP contribution is -2.41. The molecule has 3 fully saturated rings. The molecule has 7 aromatic heterocycles. The molecular formula is C56H75BBr2N12O15. The average molecular weight is 1330 g/mol. The van der Waals surface area contributed by atoms with Crippen molar-refractivity contribution in [2.75, 3.05) is 27.4 Å². The van der Waals surface area contributed by atoms with E-state index in [0.29, 0.717) is 60.3 Å². The first-order chi connectivity index (χ1) is 41.5. The quantitative estimate of drug-likeness (QED) is 0.0474. The van der Waals surface area contributed by atoms with Gasteiger partial charge in [-0.3, -0.25) is 24.0 Å². The van der Waals surface area contributed by atoms with E-state index in [1.165, 1.54) is 40.8 Å². The minimum atomic E-state index is -0.273. The molecule has 4 atom stereocenters. The number of ether oxygens (including phenoxy) is 4. The van der Waals surface area contributed by atoms with Crippen molar-refractivity contribution in [1.82, 2.24) is 59.2 Å². The van der Waals surface area contributed by atoms with Crippen LogP contribution in [0.2, 0.25) is 0 Å². The molecular weight excluding hydrogens is 1250 g/mol. The number of pyridine rings is 2. The van der Waals surface area contributed by atoms with Gasteiger partial charge in [0.1, 0.15) is 23.1 Å². The molecule has 0 aromatic carbocycles. The van der Waals surface area contributed by atoms with E-state index >= 15 is 0 Å². The smallest absolute Gasteiger partial charge is 0.495 e. The predicted molar refractivity (Wildman–Crippen MR) is 321 cm³/mol. The van der Waals surface area contributed by atoms with Gasteiger partial charge in [-0.05, 0) is 159 Å². The van der Waals surface area contributed by atoms with Crippen LogP contribution in [0.15, 0.2) is 76.6 Å². The van der Waals surface area contributed by atoms with E-state index in [1.807, 2.05) is 76.7 Å². The van der Waals surface area contributed by atoms with Crippen LogP contribution in [0.25, 0.3) is 11.1 Å². The summed E-state index contributed by atoms with van der Waals surface area (Å²) in [7, 11) is 3.04. The number of halogens is 2. The maximum Gasteiger partial charge on any atom is 0.498 e. The van der Waals surface area contributed by atoms with Crippen LogP contribution in [0.4, 0.5) is 0 Å². The van der Waals surface area contributed by atoms with Gasteiger partial charge in [-0.1, -0.05) is 18.9 Å². The summed E-state index contributed by atoms with van der Waals surface area (Å²) in [5, 5.41) is 47.6. The molecule has 13 rings (SSSR count). The van der Waals surface area contributed by atoms with Crippen molar-refractivity contribution in [3.63, 3.8) is 0 Å². The summed E-state index contributed by atoms with van der Waals surface area (Å²) in [5.41, 5.74) is 8.69. The lowest BCUT2D eigenvalue weighted by molar-refractivity contribution is -0.611. The van der Waals surface area contributed by atoms with Crippen molar-refractivity contribution in [1.29, 1.82) is 0 Å². The molecule has 2 unspecified atom stereocenters. The Morgan fingerprint density at radius 2 is 1.03 bits per heavy atom. The highest BCUT2D eigenvalue weighted by Crippen LogP contribution is 2.48. The molecule has 0 spiro atoms. The van der Waals surface area contributed by atoms with Crippen LogP contribution in [-0.2, 0) is 63.3 Å². The number of hydrogen-bond donors (Lipinski definition) is 4. The Morgan fingerprint density at radius 3 is 1.53 bits per heavy atom. The van der Waals surface area contributed by atoms with Gasteiger partial charge in [0.2, 0.25) is 11.8 Å². The number of nitrogens with zero attached hydrogens (tertiary/aromatic N) is 12. The first-order valence-corrected chi connectivity index (χ1v) is 29.6. The summed E-state index contributed by atoms with van der Waals surface area (Å²) in [6.45, 7) is 20.4. The highest BCUT2D eigenvalue weighted by atomic mass is 79.9. The zero-order valence-electron chi connectivity index (χ0n) is 49.8.